The van der Waals surface area contributed by atoms with Crippen molar-refractivity contribution in [2.24, 2.45) is 0 Å². The van der Waals surface area contributed by atoms with Crippen molar-refractivity contribution >= 4 is 27.7 Å². The van der Waals surface area contributed by atoms with Crippen molar-refractivity contribution in [3.05, 3.63) is 16.2 Å². The molecule has 0 aliphatic rings. The van der Waals surface area contributed by atoms with Crippen molar-refractivity contribution in [3.8, 4) is 5.88 Å². The van der Waals surface area contributed by atoms with Gasteiger partial charge in [-0.15, -0.1) is 0 Å². The number of carbonyl (C=O) groups is 1. The summed E-state index contributed by atoms with van der Waals surface area (Å²) in [4.78, 5) is 14.5. The highest BCUT2D eigenvalue weighted by atomic mass is 79.9. The first kappa shape index (κ1) is 19.3. The number of anilines is 1. The second-order valence-electron chi connectivity index (χ2n) is 4.05. The zero-order valence-corrected chi connectivity index (χ0v) is 12.4. The minimum absolute atomic E-state index is 0.435. The molecule has 0 radical (unpaired) electrons. The second kappa shape index (κ2) is 6.78. The largest absolute Gasteiger partial charge is 0.419 e. The number of aromatic nitrogens is 1. The lowest BCUT2D eigenvalue weighted by Gasteiger charge is -2.15. The lowest BCUT2D eigenvalue weighted by Crippen LogP contribution is -2.41. The molecule has 0 saturated heterocycles. The van der Waals surface area contributed by atoms with Crippen LogP contribution in [0.3, 0.4) is 0 Å². The van der Waals surface area contributed by atoms with Gasteiger partial charge in [0.15, 0.2) is 6.10 Å². The summed E-state index contributed by atoms with van der Waals surface area (Å²) in [6.45, 7) is -1.22. The molecule has 0 saturated carbocycles. The van der Waals surface area contributed by atoms with Gasteiger partial charge in [0.05, 0.1) is 17.8 Å². The molecule has 0 aliphatic heterocycles. The van der Waals surface area contributed by atoms with Crippen molar-refractivity contribution in [2.45, 2.75) is 18.5 Å². The lowest BCUT2D eigenvalue weighted by atomic mass is 10.2. The van der Waals surface area contributed by atoms with Gasteiger partial charge < -0.3 is 20.9 Å². The van der Waals surface area contributed by atoms with Crippen LogP contribution in [-0.4, -0.2) is 35.0 Å². The van der Waals surface area contributed by atoms with E-state index in [4.69, 9.17) is 10.8 Å². The number of ether oxygens (including phenoxy) is 1. The molecule has 0 aromatic carbocycles. The maximum Gasteiger partial charge on any atom is 0.419 e. The zero-order chi connectivity index (χ0) is 18.0. The van der Waals surface area contributed by atoms with Crippen LogP contribution >= 0.6 is 15.9 Å². The number of halogens is 7. The fraction of sp³-hybridized carbons (Fsp3) is 0.400. The highest BCUT2D eigenvalue weighted by Crippen LogP contribution is 2.37. The van der Waals surface area contributed by atoms with E-state index in [-0.39, 0.29) is 0 Å². The first-order valence-corrected chi connectivity index (χ1v) is 6.35. The summed E-state index contributed by atoms with van der Waals surface area (Å²) in [5.74, 6) is -0.746. The molecule has 23 heavy (non-hydrogen) atoms. The molecule has 0 unspecified atom stereocenters. The highest BCUT2D eigenvalue weighted by Gasteiger charge is 2.38. The SMILES string of the molecule is Nc1cc(C(F)(F)F)c(Br)nc1OC(=O)NC[C@H](O)C(F)(F)F. The van der Waals surface area contributed by atoms with Crippen LogP contribution in [0.5, 0.6) is 5.88 Å². The van der Waals surface area contributed by atoms with Gasteiger partial charge in [-0.25, -0.2) is 9.78 Å². The van der Waals surface area contributed by atoms with Gasteiger partial charge in [0.1, 0.15) is 4.60 Å². The molecule has 130 valence electrons. The smallest absolute Gasteiger partial charge is 0.394 e. The van der Waals surface area contributed by atoms with Crippen LogP contribution in [0.2, 0.25) is 0 Å². The Morgan fingerprint density at radius 2 is 1.96 bits per heavy atom. The molecule has 1 aromatic heterocycles. The van der Waals surface area contributed by atoms with Crippen LogP contribution < -0.4 is 15.8 Å². The van der Waals surface area contributed by atoms with E-state index in [9.17, 15) is 31.1 Å². The van der Waals surface area contributed by atoms with Crippen molar-refractivity contribution in [1.29, 1.82) is 0 Å². The number of pyridine rings is 1. The van der Waals surface area contributed by atoms with Crippen LogP contribution in [-0.2, 0) is 6.18 Å². The average molecular weight is 412 g/mol. The number of carbonyl (C=O) groups excluding carboxylic acids is 1. The zero-order valence-electron chi connectivity index (χ0n) is 10.8. The Balaban J connectivity index is 2.78. The van der Waals surface area contributed by atoms with Gasteiger partial charge in [0.25, 0.3) is 0 Å². The number of hydrogen-bond acceptors (Lipinski definition) is 5. The molecular weight excluding hydrogens is 404 g/mol. The third-order valence-electron chi connectivity index (χ3n) is 2.28. The molecule has 0 aliphatic carbocycles. The van der Waals surface area contributed by atoms with Crippen LogP contribution in [0.1, 0.15) is 5.56 Å². The summed E-state index contributed by atoms with van der Waals surface area (Å²) in [7, 11) is 0. The minimum atomic E-state index is -4.96. The molecular formula is C10H8BrF6N3O3. The normalized spacial score (nSPS) is 13.6. The quantitative estimate of drug-likeness (QED) is 0.524. The van der Waals surface area contributed by atoms with Crippen molar-refractivity contribution in [3.63, 3.8) is 0 Å². The molecule has 0 fully saturated rings. The van der Waals surface area contributed by atoms with Gasteiger partial charge in [-0.2, -0.15) is 26.3 Å². The van der Waals surface area contributed by atoms with E-state index in [2.05, 4.69) is 25.7 Å². The van der Waals surface area contributed by atoms with Gasteiger partial charge in [-0.1, -0.05) is 0 Å². The predicted molar refractivity (Wildman–Crippen MR) is 67.4 cm³/mol. The van der Waals surface area contributed by atoms with Gasteiger partial charge in [-0.05, 0) is 22.0 Å². The number of hydrogen-bond donors (Lipinski definition) is 3. The fourth-order valence-electron chi connectivity index (χ4n) is 1.19. The monoisotopic (exact) mass is 411 g/mol. The summed E-state index contributed by atoms with van der Waals surface area (Å²) < 4.78 is 77.4. The summed E-state index contributed by atoms with van der Waals surface area (Å²) in [5, 5.41) is 10.2. The number of nitrogens with one attached hydrogen (secondary N) is 1. The van der Waals surface area contributed by atoms with E-state index in [1.54, 1.807) is 5.32 Å². The molecule has 0 bridgehead atoms. The average Bonchev–Trinajstić information content (AvgIpc) is 2.37. The van der Waals surface area contributed by atoms with Crippen molar-refractivity contribution in [1.82, 2.24) is 10.3 Å². The first-order valence-electron chi connectivity index (χ1n) is 5.56. The summed E-state index contributed by atoms with van der Waals surface area (Å²) in [6.07, 6.45) is -14.0. The van der Waals surface area contributed by atoms with Gasteiger partial charge in [0.2, 0.25) is 5.88 Å². The standard InChI is InChI=1S/C10H8BrF6N3O3/c11-6-3(9(12,13)14)1-4(18)7(20-6)23-8(22)19-2-5(21)10(15,16)17/h1,5,21H,2,18H2,(H,19,22)/t5-/m0/s1. The topological polar surface area (TPSA) is 97.5 Å². The third kappa shape index (κ3) is 5.42. The fourth-order valence-corrected chi connectivity index (χ4v) is 1.69. The number of nitrogen functional groups attached to an aromatic ring is 1. The van der Waals surface area contributed by atoms with Gasteiger partial charge in [-0.3, -0.25) is 0 Å². The predicted octanol–water partition coefficient (Wildman–Crippen LogP) is 2.46. The van der Waals surface area contributed by atoms with E-state index >= 15 is 0 Å². The van der Waals surface area contributed by atoms with Gasteiger partial charge >= 0.3 is 18.4 Å². The lowest BCUT2D eigenvalue weighted by molar-refractivity contribution is -0.201. The third-order valence-corrected chi connectivity index (χ3v) is 2.89. The molecule has 1 aromatic rings. The van der Waals surface area contributed by atoms with Crippen LogP contribution in [0.25, 0.3) is 0 Å². The second-order valence-corrected chi connectivity index (χ2v) is 4.80. The van der Waals surface area contributed by atoms with E-state index in [1.807, 2.05) is 0 Å². The number of aliphatic hydroxyl groups excluding tert-OH is 1. The maximum atomic E-state index is 12.6. The van der Waals surface area contributed by atoms with Gasteiger partial charge in [0, 0.05) is 0 Å². The van der Waals surface area contributed by atoms with Crippen molar-refractivity contribution < 1.29 is 41.0 Å². The van der Waals surface area contributed by atoms with E-state index in [1.165, 1.54) is 0 Å². The number of nitrogens with zero attached hydrogens (tertiary/aromatic N) is 1. The number of alkyl halides is 6. The van der Waals surface area contributed by atoms with Crippen molar-refractivity contribution in [2.75, 3.05) is 12.3 Å². The minimum Gasteiger partial charge on any atom is -0.394 e. The Bertz CT molecular complexity index is 592. The first-order chi connectivity index (χ1) is 10.3. The van der Waals surface area contributed by atoms with E-state index in [0.717, 1.165) is 0 Å². The van der Waals surface area contributed by atoms with Crippen LogP contribution in [0, 0.1) is 0 Å². The summed E-state index contributed by atoms with van der Waals surface area (Å²) >= 11 is 2.51. The molecule has 1 amide bonds. The van der Waals surface area contributed by atoms with E-state index in [0.29, 0.717) is 6.07 Å². The summed E-state index contributed by atoms with van der Waals surface area (Å²) in [6, 6.07) is 0.435. The Morgan fingerprint density at radius 3 is 2.43 bits per heavy atom. The summed E-state index contributed by atoms with van der Waals surface area (Å²) in [5.41, 5.74) is 3.36. The number of aliphatic hydroxyl groups is 1. The van der Waals surface area contributed by atoms with Crippen LogP contribution in [0.4, 0.5) is 36.8 Å². The molecule has 1 heterocycles. The van der Waals surface area contributed by atoms with E-state index < -0.39 is 52.8 Å². The molecule has 1 atom stereocenters. The molecule has 1 rings (SSSR count). The number of amides is 1. The highest BCUT2D eigenvalue weighted by molar-refractivity contribution is 9.10. The Hall–Kier alpha value is -1.76. The van der Waals surface area contributed by atoms with Crippen LogP contribution in [0.15, 0.2) is 10.7 Å². The molecule has 0 spiro atoms. The molecule has 13 heteroatoms. The Morgan fingerprint density at radius 1 is 1.39 bits per heavy atom. The maximum absolute atomic E-state index is 12.6. The number of rotatable bonds is 3. The Labute approximate surface area is 132 Å². The molecule has 6 nitrogen and oxygen atoms in total. The number of nitrogens with two attached hydrogens (primary N) is 1. The Kier molecular flexibility index (Phi) is 5.69. The molecule has 4 N–H and O–H groups in total.